The van der Waals surface area contributed by atoms with Gasteiger partial charge in [-0.2, -0.15) is 0 Å². The molecule has 13 heteroatoms. The van der Waals surface area contributed by atoms with Crippen LogP contribution in [0.15, 0.2) is 58.1 Å². The number of halogens is 1. The van der Waals surface area contributed by atoms with Crippen molar-refractivity contribution in [2.45, 2.75) is 65.7 Å². The smallest absolute Gasteiger partial charge is 0.253 e. The normalized spacial score (nSPS) is 18.3. The first-order chi connectivity index (χ1) is 22.3. The summed E-state index contributed by atoms with van der Waals surface area (Å²) in [6.45, 7) is 12.6. The highest BCUT2D eigenvalue weighted by atomic mass is 35.5. The number of carbonyl (C=O) groups is 2. The number of nitrogens with two attached hydrogens (primary N) is 1. The maximum atomic E-state index is 13.3. The number of rotatable bonds is 10. The molecule has 47 heavy (non-hydrogen) atoms. The number of thiophene rings is 1. The number of nitrogens with one attached hydrogen (secondary N) is 5. The lowest BCUT2D eigenvalue weighted by atomic mass is 9.99. The Balaban J connectivity index is 1.25. The number of amidine groups is 1. The summed E-state index contributed by atoms with van der Waals surface area (Å²) in [5.74, 6) is -0.205. The highest BCUT2D eigenvalue weighted by molar-refractivity contribution is 8.03. The first-order valence-corrected chi connectivity index (χ1v) is 17.5. The van der Waals surface area contributed by atoms with Crippen LogP contribution in [-0.4, -0.2) is 54.2 Å². The number of nitrogens with zero attached hydrogens (tertiary/aromatic N) is 2. The third kappa shape index (κ3) is 7.51. The first-order valence-electron chi connectivity index (χ1n) is 15.4. The molecule has 0 fully saturated rings. The van der Waals surface area contributed by atoms with E-state index in [9.17, 15) is 9.59 Å². The van der Waals surface area contributed by atoms with Gasteiger partial charge in [0.15, 0.2) is 5.50 Å². The summed E-state index contributed by atoms with van der Waals surface area (Å²) >= 11 is 9.36. The van der Waals surface area contributed by atoms with Crippen LogP contribution in [-0.2, 0) is 4.79 Å². The fraction of sp³-hybridized carbons (Fsp3) is 0.353. The standard InChI is InChI=1S/C34H41ClN8O2S2/c1-17-20(4)46-33-29(17)30(23-10-12-24(35)13-11-23)41-27(31(37)43(33)22(6)36)16-28(44)39-15-14-38-26-9-7-8-25(18(26)2)32(45)42-34-40-19(3)21(5)47-34/h7-13,22,27,34,37-38,40H,14-16,36H2,1-6H3,(H,39,44)(H,42,45)/t22?,27-,34?/m0/s1. The second-order valence-corrected chi connectivity index (χ2v) is 14.7. The highest BCUT2D eigenvalue weighted by Gasteiger charge is 2.35. The quantitative estimate of drug-likeness (QED) is 0.146. The molecule has 2 aromatic carbocycles. The van der Waals surface area contributed by atoms with Crippen LogP contribution in [0, 0.1) is 26.2 Å². The molecule has 0 aliphatic carbocycles. The summed E-state index contributed by atoms with van der Waals surface area (Å²) in [4.78, 5) is 35.4. The Morgan fingerprint density at radius 2 is 1.81 bits per heavy atom. The van der Waals surface area contributed by atoms with Crippen molar-refractivity contribution in [1.82, 2.24) is 16.0 Å². The third-order valence-electron chi connectivity index (χ3n) is 8.36. The van der Waals surface area contributed by atoms with Crippen molar-refractivity contribution >= 4 is 68.7 Å². The van der Waals surface area contributed by atoms with Crippen LogP contribution in [0.2, 0.25) is 5.02 Å². The number of aliphatic imine (C=N–C) groups is 1. The van der Waals surface area contributed by atoms with Gasteiger partial charge in [-0.3, -0.25) is 20.0 Å². The van der Waals surface area contributed by atoms with Crippen molar-refractivity contribution in [3.05, 3.63) is 90.8 Å². The molecule has 0 bridgehead atoms. The lowest BCUT2D eigenvalue weighted by molar-refractivity contribution is -0.121. The predicted molar refractivity (Wildman–Crippen MR) is 196 cm³/mol. The number of benzene rings is 2. The van der Waals surface area contributed by atoms with Gasteiger partial charge in [-0.05, 0) is 76.9 Å². The Hall–Kier alpha value is -3.84. The highest BCUT2D eigenvalue weighted by Crippen LogP contribution is 2.40. The van der Waals surface area contributed by atoms with Crippen LogP contribution < -0.4 is 31.9 Å². The monoisotopic (exact) mass is 692 g/mol. The molecule has 3 heterocycles. The van der Waals surface area contributed by atoms with Gasteiger partial charge >= 0.3 is 0 Å². The molecule has 5 rings (SSSR count). The van der Waals surface area contributed by atoms with Crippen LogP contribution in [0.3, 0.4) is 0 Å². The van der Waals surface area contributed by atoms with Gasteiger partial charge in [-0.25, -0.2) is 0 Å². The Morgan fingerprint density at radius 1 is 1.09 bits per heavy atom. The summed E-state index contributed by atoms with van der Waals surface area (Å²) in [5, 5.41) is 23.2. The van der Waals surface area contributed by atoms with Crippen LogP contribution in [0.25, 0.3) is 0 Å². The van der Waals surface area contributed by atoms with Gasteiger partial charge in [-0.1, -0.05) is 41.6 Å². The second-order valence-electron chi connectivity index (χ2n) is 11.7. The molecule has 2 unspecified atom stereocenters. The van der Waals surface area contributed by atoms with Crippen molar-refractivity contribution in [2.24, 2.45) is 10.7 Å². The molecule has 1 aromatic heterocycles. The van der Waals surface area contributed by atoms with Gasteiger partial charge in [-0.15, -0.1) is 11.3 Å². The summed E-state index contributed by atoms with van der Waals surface area (Å²) in [6.07, 6.45) is -0.505. The maximum Gasteiger partial charge on any atom is 0.253 e. The lowest BCUT2D eigenvalue weighted by Crippen LogP contribution is -2.48. The number of carbonyl (C=O) groups excluding carboxylic acids is 2. The molecule has 0 saturated heterocycles. The molecule has 0 saturated carbocycles. The van der Waals surface area contributed by atoms with Crippen molar-refractivity contribution in [3.63, 3.8) is 0 Å². The van der Waals surface area contributed by atoms with Crippen LogP contribution in [0.4, 0.5) is 10.7 Å². The van der Waals surface area contributed by atoms with Gasteiger partial charge in [0.1, 0.15) is 16.9 Å². The van der Waals surface area contributed by atoms with E-state index in [0.29, 0.717) is 29.4 Å². The van der Waals surface area contributed by atoms with Crippen molar-refractivity contribution in [3.8, 4) is 0 Å². The SMILES string of the molecule is CC1=C(C)SC(NC(=O)c2cccc(NCCNC(=O)C[C@@H]3N=C(c4ccc(Cl)cc4)c4c(sc(C)c4C)N(C(C)N)C3=N)c2C)N1. The summed E-state index contributed by atoms with van der Waals surface area (Å²) < 4.78 is 0. The average Bonchev–Trinajstić information content (AvgIpc) is 3.45. The van der Waals surface area contributed by atoms with Crippen LogP contribution in [0.1, 0.15) is 64.7 Å². The molecule has 3 atom stereocenters. The molecule has 0 radical (unpaired) electrons. The van der Waals surface area contributed by atoms with E-state index >= 15 is 0 Å². The van der Waals surface area contributed by atoms with Crippen molar-refractivity contribution < 1.29 is 9.59 Å². The average molecular weight is 693 g/mol. The zero-order chi connectivity index (χ0) is 34.0. The van der Waals surface area contributed by atoms with Gasteiger partial charge in [0, 0.05) is 56.0 Å². The van der Waals surface area contributed by atoms with Crippen LogP contribution in [0.5, 0.6) is 0 Å². The molecular formula is C34H41ClN8O2S2. The number of hydrogen-bond donors (Lipinski definition) is 6. The lowest BCUT2D eigenvalue weighted by Gasteiger charge is -2.29. The molecule has 2 amide bonds. The minimum Gasteiger partial charge on any atom is -0.383 e. The van der Waals surface area contributed by atoms with E-state index in [2.05, 4.69) is 28.2 Å². The van der Waals surface area contributed by atoms with Gasteiger partial charge in [0.25, 0.3) is 5.91 Å². The van der Waals surface area contributed by atoms with Crippen LogP contribution >= 0.6 is 34.7 Å². The van der Waals surface area contributed by atoms with Gasteiger partial charge in [0.05, 0.1) is 18.3 Å². The number of amides is 2. The van der Waals surface area contributed by atoms with E-state index in [1.165, 1.54) is 0 Å². The first kappa shape index (κ1) is 34.5. The molecule has 2 aliphatic rings. The number of allylic oxidation sites excluding steroid dienone is 2. The van der Waals surface area contributed by atoms with E-state index in [0.717, 1.165) is 48.4 Å². The zero-order valence-electron chi connectivity index (χ0n) is 27.4. The molecule has 7 N–H and O–H groups in total. The summed E-state index contributed by atoms with van der Waals surface area (Å²) in [5.41, 5.74) is 13.1. The van der Waals surface area contributed by atoms with E-state index in [1.807, 2.05) is 71.0 Å². The number of hydrogen-bond acceptors (Lipinski definition) is 9. The topological polar surface area (TPSA) is 148 Å². The largest absolute Gasteiger partial charge is 0.383 e. The zero-order valence-corrected chi connectivity index (χ0v) is 29.8. The van der Waals surface area contributed by atoms with Gasteiger partial charge < -0.3 is 31.9 Å². The van der Waals surface area contributed by atoms with E-state index in [1.54, 1.807) is 34.1 Å². The Bertz CT molecular complexity index is 1750. The fourth-order valence-corrected chi connectivity index (χ4v) is 7.93. The second kappa shape index (κ2) is 14.5. The molecule has 2 aliphatic heterocycles. The van der Waals surface area contributed by atoms with E-state index < -0.39 is 12.2 Å². The minimum atomic E-state index is -0.744. The van der Waals surface area contributed by atoms with Crippen molar-refractivity contribution in [2.75, 3.05) is 23.3 Å². The van der Waals surface area contributed by atoms with E-state index in [-0.39, 0.29) is 29.6 Å². The maximum absolute atomic E-state index is 13.3. The Labute approximate surface area is 289 Å². The van der Waals surface area contributed by atoms with Crippen molar-refractivity contribution in [1.29, 1.82) is 5.41 Å². The fourth-order valence-electron chi connectivity index (χ4n) is 5.56. The predicted octanol–water partition coefficient (Wildman–Crippen LogP) is 5.85. The molecule has 3 aromatic rings. The summed E-state index contributed by atoms with van der Waals surface area (Å²) in [7, 11) is 0. The number of anilines is 2. The Kier molecular flexibility index (Phi) is 10.6. The van der Waals surface area contributed by atoms with Gasteiger partial charge in [0.2, 0.25) is 5.91 Å². The third-order valence-corrected chi connectivity index (χ3v) is 10.9. The number of aryl methyl sites for hydroxylation is 1. The molecule has 0 spiro atoms. The molecule has 248 valence electrons. The minimum absolute atomic E-state index is 0.0121. The summed E-state index contributed by atoms with van der Waals surface area (Å²) in [6, 6.07) is 12.3. The number of thioether (sulfide) groups is 1. The molecule has 10 nitrogen and oxygen atoms in total. The Morgan fingerprint density at radius 3 is 2.47 bits per heavy atom. The van der Waals surface area contributed by atoms with E-state index in [4.69, 9.17) is 27.7 Å². The molecular weight excluding hydrogens is 652 g/mol. The number of fused-ring (bicyclic) bond motifs is 1.